The zero-order valence-corrected chi connectivity index (χ0v) is 12.6. The molecule has 1 N–H and O–H groups in total. The SMILES string of the molecule is CCCNc1cc(C(=O)N2CCSCC2)c(Cl)cn1. The lowest BCUT2D eigenvalue weighted by Crippen LogP contribution is -2.38. The van der Waals surface area contributed by atoms with E-state index in [0.717, 1.165) is 37.6 Å². The van der Waals surface area contributed by atoms with Gasteiger partial charge < -0.3 is 10.2 Å². The van der Waals surface area contributed by atoms with Crippen molar-refractivity contribution in [3.8, 4) is 0 Å². The number of carbonyl (C=O) groups is 1. The minimum atomic E-state index is 0.00671. The number of amides is 1. The number of rotatable bonds is 4. The first kappa shape index (κ1) is 14.5. The van der Waals surface area contributed by atoms with Crippen LogP contribution in [0, 0.1) is 0 Å². The number of hydrogen-bond donors (Lipinski definition) is 1. The fourth-order valence-electron chi connectivity index (χ4n) is 1.89. The number of anilines is 1. The Labute approximate surface area is 122 Å². The van der Waals surface area contributed by atoms with E-state index in [0.29, 0.717) is 16.4 Å². The molecule has 0 bridgehead atoms. The van der Waals surface area contributed by atoms with Crippen LogP contribution in [0.4, 0.5) is 5.82 Å². The number of halogens is 1. The van der Waals surface area contributed by atoms with Crippen molar-refractivity contribution in [1.29, 1.82) is 0 Å². The Morgan fingerprint density at radius 3 is 2.95 bits per heavy atom. The number of nitrogens with one attached hydrogen (secondary N) is 1. The van der Waals surface area contributed by atoms with Crippen LogP contribution in [-0.4, -0.2) is 46.9 Å². The predicted octanol–water partition coefficient (Wildman–Crippen LogP) is 2.75. The van der Waals surface area contributed by atoms with Gasteiger partial charge in [-0.15, -0.1) is 0 Å². The monoisotopic (exact) mass is 299 g/mol. The van der Waals surface area contributed by atoms with Crippen LogP contribution in [0.1, 0.15) is 23.7 Å². The molecule has 1 fully saturated rings. The number of thioether (sulfide) groups is 1. The van der Waals surface area contributed by atoms with Gasteiger partial charge in [0.25, 0.3) is 5.91 Å². The van der Waals surface area contributed by atoms with Crippen molar-refractivity contribution in [3.05, 3.63) is 22.8 Å². The molecule has 1 aromatic rings. The highest BCUT2D eigenvalue weighted by molar-refractivity contribution is 7.99. The summed E-state index contributed by atoms with van der Waals surface area (Å²) in [6, 6.07) is 1.75. The van der Waals surface area contributed by atoms with Crippen molar-refractivity contribution in [3.63, 3.8) is 0 Å². The molecule has 0 spiro atoms. The van der Waals surface area contributed by atoms with Gasteiger partial charge in [-0.1, -0.05) is 18.5 Å². The fraction of sp³-hybridized carbons (Fsp3) is 0.538. The molecule has 104 valence electrons. The Hall–Kier alpha value is -0.940. The van der Waals surface area contributed by atoms with Gasteiger partial charge in [0.2, 0.25) is 0 Å². The van der Waals surface area contributed by atoms with Crippen molar-refractivity contribution in [2.24, 2.45) is 0 Å². The molecule has 1 aromatic heterocycles. The normalized spacial score (nSPS) is 15.4. The van der Waals surface area contributed by atoms with E-state index in [1.165, 1.54) is 0 Å². The van der Waals surface area contributed by atoms with Crippen molar-refractivity contribution in [2.45, 2.75) is 13.3 Å². The molecule has 0 saturated carbocycles. The second-order valence-corrected chi connectivity index (χ2v) is 6.01. The van der Waals surface area contributed by atoms with E-state index in [1.54, 1.807) is 12.3 Å². The van der Waals surface area contributed by atoms with Crippen LogP contribution < -0.4 is 5.32 Å². The molecule has 4 nitrogen and oxygen atoms in total. The third kappa shape index (κ3) is 3.76. The van der Waals surface area contributed by atoms with E-state index in [9.17, 15) is 4.79 Å². The van der Waals surface area contributed by atoms with Crippen LogP contribution in [0.3, 0.4) is 0 Å². The van der Waals surface area contributed by atoms with Crippen LogP contribution in [0.15, 0.2) is 12.3 Å². The Morgan fingerprint density at radius 1 is 1.53 bits per heavy atom. The molecule has 2 heterocycles. The van der Waals surface area contributed by atoms with Gasteiger partial charge in [0.1, 0.15) is 5.82 Å². The molecule has 2 rings (SSSR count). The summed E-state index contributed by atoms with van der Waals surface area (Å²) >= 11 is 7.98. The molecule has 1 aliphatic rings. The van der Waals surface area contributed by atoms with E-state index in [1.807, 2.05) is 16.7 Å². The molecule has 0 unspecified atom stereocenters. The van der Waals surface area contributed by atoms with Crippen molar-refractivity contribution < 1.29 is 4.79 Å². The molecule has 0 atom stereocenters. The highest BCUT2D eigenvalue weighted by Gasteiger charge is 2.21. The highest BCUT2D eigenvalue weighted by atomic mass is 35.5. The number of pyridine rings is 1. The smallest absolute Gasteiger partial charge is 0.255 e. The summed E-state index contributed by atoms with van der Waals surface area (Å²) in [4.78, 5) is 18.5. The second kappa shape index (κ2) is 7.01. The summed E-state index contributed by atoms with van der Waals surface area (Å²) in [5.41, 5.74) is 0.544. The Morgan fingerprint density at radius 2 is 2.26 bits per heavy atom. The first-order valence-electron chi connectivity index (χ1n) is 6.49. The van der Waals surface area contributed by atoms with Crippen LogP contribution in [0.25, 0.3) is 0 Å². The Kier molecular flexibility index (Phi) is 5.34. The molecular formula is C13H18ClN3OS. The second-order valence-electron chi connectivity index (χ2n) is 4.38. The van der Waals surface area contributed by atoms with Crippen LogP contribution in [0.2, 0.25) is 5.02 Å². The van der Waals surface area contributed by atoms with E-state index >= 15 is 0 Å². The third-order valence-electron chi connectivity index (χ3n) is 2.94. The summed E-state index contributed by atoms with van der Waals surface area (Å²) in [5.74, 6) is 2.71. The number of hydrogen-bond acceptors (Lipinski definition) is 4. The van der Waals surface area contributed by atoms with Crippen LogP contribution in [0.5, 0.6) is 0 Å². The van der Waals surface area contributed by atoms with Crippen LogP contribution >= 0.6 is 23.4 Å². The predicted molar refractivity (Wildman–Crippen MR) is 81.3 cm³/mol. The lowest BCUT2D eigenvalue weighted by Gasteiger charge is -2.26. The van der Waals surface area contributed by atoms with Gasteiger partial charge in [-0.05, 0) is 12.5 Å². The van der Waals surface area contributed by atoms with Crippen molar-refractivity contribution in [2.75, 3.05) is 36.5 Å². The first-order chi connectivity index (χ1) is 9.22. The summed E-state index contributed by atoms with van der Waals surface area (Å²) in [6.07, 6.45) is 2.56. The topological polar surface area (TPSA) is 45.2 Å². The first-order valence-corrected chi connectivity index (χ1v) is 8.02. The van der Waals surface area contributed by atoms with E-state index in [4.69, 9.17) is 11.6 Å². The van der Waals surface area contributed by atoms with E-state index in [2.05, 4.69) is 17.2 Å². The molecule has 6 heteroatoms. The molecule has 1 saturated heterocycles. The maximum Gasteiger partial charge on any atom is 0.255 e. The van der Waals surface area contributed by atoms with Crippen molar-refractivity contribution >= 4 is 35.1 Å². The number of nitrogens with zero attached hydrogens (tertiary/aromatic N) is 2. The average molecular weight is 300 g/mol. The quantitative estimate of drug-likeness (QED) is 0.928. The largest absolute Gasteiger partial charge is 0.370 e. The number of carbonyl (C=O) groups excluding carboxylic acids is 1. The summed E-state index contributed by atoms with van der Waals surface area (Å²) in [6.45, 7) is 4.50. The fourth-order valence-corrected chi connectivity index (χ4v) is 2.98. The lowest BCUT2D eigenvalue weighted by molar-refractivity contribution is 0.0772. The lowest BCUT2D eigenvalue weighted by atomic mass is 10.2. The maximum absolute atomic E-state index is 12.4. The minimum absolute atomic E-state index is 0.00671. The van der Waals surface area contributed by atoms with Crippen molar-refractivity contribution in [1.82, 2.24) is 9.88 Å². The van der Waals surface area contributed by atoms with Gasteiger partial charge in [0.15, 0.2) is 0 Å². The molecule has 0 radical (unpaired) electrons. The standard InChI is InChI=1S/C13H18ClN3OS/c1-2-3-15-12-8-10(11(14)9-16-12)13(18)17-4-6-19-7-5-17/h8-9H,2-7H2,1H3,(H,15,16). The van der Waals surface area contributed by atoms with E-state index in [-0.39, 0.29) is 5.91 Å². The van der Waals surface area contributed by atoms with Gasteiger partial charge >= 0.3 is 0 Å². The molecular weight excluding hydrogens is 282 g/mol. The van der Waals surface area contributed by atoms with Gasteiger partial charge in [-0.2, -0.15) is 11.8 Å². The maximum atomic E-state index is 12.4. The zero-order chi connectivity index (χ0) is 13.7. The Balaban J connectivity index is 2.14. The molecule has 0 aromatic carbocycles. The van der Waals surface area contributed by atoms with E-state index < -0.39 is 0 Å². The highest BCUT2D eigenvalue weighted by Crippen LogP contribution is 2.21. The third-order valence-corrected chi connectivity index (χ3v) is 4.18. The van der Waals surface area contributed by atoms with Gasteiger partial charge in [-0.25, -0.2) is 4.98 Å². The molecule has 0 aliphatic carbocycles. The average Bonchev–Trinajstić information content (AvgIpc) is 2.46. The van der Waals surface area contributed by atoms with Gasteiger partial charge in [0.05, 0.1) is 10.6 Å². The number of aromatic nitrogens is 1. The summed E-state index contributed by atoms with van der Waals surface area (Å²) in [7, 11) is 0. The summed E-state index contributed by atoms with van der Waals surface area (Å²) < 4.78 is 0. The van der Waals surface area contributed by atoms with Crippen LogP contribution in [-0.2, 0) is 0 Å². The molecule has 19 heavy (non-hydrogen) atoms. The van der Waals surface area contributed by atoms with Gasteiger partial charge in [0, 0.05) is 37.3 Å². The minimum Gasteiger partial charge on any atom is -0.370 e. The van der Waals surface area contributed by atoms with Gasteiger partial charge in [-0.3, -0.25) is 4.79 Å². The summed E-state index contributed by atoms with van der Waals surface area (Å²) in [5, 5.41) is 3.60. The molecule has 1 aliphatic heterocycles. The molecule has 1 amide bonds. The Bertz CT molecular complexity index is 450. The zero-order valence-electron chi connectivity index (χ0n) is 11.0.